The molecule has 1 aliphatic rings. The highest BCUT2D eigenvalue weighted by atomic mass is 79.9. The summed E-state index contributed by atoms with van der Waals surface area (Å²) in [7, 11) is 0. The van der Waals surface area contributed by atoms with Crippen LogP contribution in [0.3, 0.4) is 0 Å². The number of primary amides is 1. The van der Waals surface area contributed by atoms with Gasteiger partial charge in [-0.05, 0) is 53.9 Å². The van der Waals surface area contributed by atoms with Crippen molar-refractivity contribution < 1.29 is 4.79 Å². The molecular formula is C13H18BrN3O. The lowest BCUT2D eigenvalue weighted by atomic mass is 9.92. The van der Waals surface area contributed by atoms with Crippen molar-refractivity contribution in [2.75, 3.05) is 17.2 Å². The van der Waals surface area contributed by atoms with Gasteiger partial charge in [0, 0.05) is 22.7 Å². The molecule has 1 aromatic rings. The number of hydrogen-bond acceptors (Lipinski definition) is 3. The summed E-state index contributed by atoms with van der Waals surface area (Å²) in [5.74, 6) is -0.274. The van der Waals surface area contributed by atoms with Gasteiger partial charge in [-0.15, -0.1) is 0 Å². The standard InChI is InChI=1S/C13H18BrN3O/c1-8-2-3-9(13(16)18)7-17(8)12-5-4-10(15)6-11(12)14/h4-6,8-9H,2-3,7,15H2,1H3,(H2,16,18). The fourth-order valence-electron chi connectivity index (χ4n) is 2.43. The van der Waals surface area contributed by atoms with Gasteiger partial charge in [0.2, 0.25) is 5.91 Å². The van der Waals surface area contributed by atoms with Gasteiger partial charge in [-0.1, -0.05) is 0 Å². The number of nitrogen functional groups attached to an aromatic ring is 1. The highest BCUT2D eigenvalue weighted by molar-refractivity contribution is 9.10. The maximum absolute atomic E-state index is 11.3. The molecule has 1 saturated heterocycles. The molecule has 4 N–H and O–H groups in total. The minimum Gasteiger partial charge on any atom is -0.399 e. The van der Waals surface area contributed by atoms with E-state index in [1.165, 1.54) is 0 Å². The van der Waals surface area contributed by atoms with E-state index in [0.29, 0.717) is 12.6 Å². The van der Waals surface area contributed by atoms with E-state index in [1.54, 1.807) is 0 Å². The molecule has 98 valence electrons. The summed E-state index contributed by atoms with van der Waals surface area (Å²) < 4.78 is 0.958. The summed E-state index contributed by atoms with van der Waals surface area (Å²) in [6.07, 6.45) is 1.85. The van der Waals surface area contributed by atoms with Gasteiger partial charge in [-0.3, -0.25) is 4.79 Å². The van der Waals surface area contributed by atoms with Crippen LogP contribution in [0.15, 0.2) is 22.7 Å². The van der Waals surface area contributed by atoms with Gasteiger partial charge in [0.25, 0.3) is 0 Å². The summed E-state index contributed by atoms with van der Waals surface area (Å²) >= 11 is 3.53. The second-order valence-corrected chi connectivity index (χ2v) is 5.74. The smallest absolute Gasteiger partial charge is 0.222 e. The zero-order valence-electron chi connectivity index (χ0n) is 10.4. The van der Waals surface area contributed by atoms with E-state index in [2.05, 4.69) is 27.8 Å². The molecule has 1 heterocycles. The van der Waals surface area contributed by atoms with Crippen LogP contribution in [-0.4, -0.2) is 18.5 Å². The Kier molecular flexibility index (Phi) is 3.80. The van der Waals surface area contributed by atoms with Crippen molar-refractivity contribution >= 4 is 33.2 Å². The first-order valence-corrected chi connectivity index (χ1v) is 6.89. The number of nitrogens with zero attached hydrogens (tertiary/aromatic N) is 1. The normalized spacial score (nSPS) is 24.0. The molecule has 1 aliphatic heterocycles. The minimum absolute atomic E-state index is 0.0642. The van der Waals surface area contributed by atoms with Gasteiger partial charge < -0.3 is 16.4 Å². The third-order valence-corrected chi connectivity index (χ3v) is 4.20. The Morgan fingerprint density at radius 3 is 2.78 bits per heavy atom. The summed E-state index contributed by atoms with van der Waals surface area (Å²) in [4.78, 5) is 13.6. The van der Waals surface area contributed by atoms with Crippen LogP contribution in [0.4, 0.5) is 11.4 Å². The number of anilines is 2. The lowest BCUT2D eigenvalue weighted by Crippen LogP contribution is -2.46. The van der Waals surface area contributed by atoms with Crippen molar-refractivity contribution in [3.8, 4) is 0 Å². The van der Waals surface area contributed by atoms with Crippen molar-refractivity contribution in [1.29, 1.82) is 0 Å². The number of hydrogen-bond donors (Lipinski definition) is 2. The number of rotatable bonds is 2. The zero-order valence-corrected chi connectivity index (χ0v) is 12.0. The summed E-state index contributed by atoms with van der Waals surface area (Å²) in [5, 5.41) is 0. The Bertz CT molecular complexity index is 464. The van der Waals surface area contributed by atoms with Gasteiger partial charge in [-0.2, -0.15) is 0 Å². The monoisotopic (exact) mass is 311 g/mol. The third kappa shape index (κ3) is 2.61. The van der Waals surface area contributed by atoms with E-state index in [1.807, 2.05) is 18.2 Å². The van der Waals surface area contributed by atoms with Crippen LogP contribution in [0.2, 0.25) is 0 Å². The Morgan fingerprint density at radius 1 is 1.44 bits per heavy atom. The number of carbonyl (C=O) groups excluding carboxylic acids is 1. The maximum atomic E-state index is 11.3. The first kappa shape index (κ1) is 13.2. The van der Waals surface area contributed by atoms with Crippen LogP contribution in [0.5, 0.6) is 0 Å². The second-order valence-electron chi connectivity index (χ2n) is 4.89. The SMILES string of the molecule is CC1CCC(C(N)=O)CN1c1ccc(N)cc1Br. The summed E-state index contributed by atoms with van der Waals surface area (Å²) in [5.41, 5.74) is 13.0. The molecule has 2 atom stereocenters. The van der Waals surface area contributed by atoms with Crippen molar-refractivity contribution in [3.05, 3.63) is 22.7 Å². The molecule has 18 heavy (non-hydrogen) atoms. The maximum Gasteiger partial charge on any atom is 0.222 e. The quantitative estimate of drug-likeness (QED) is 0.822. The first-order valence-electron chi connectivity index (χ1n) is 6.10. The highest BCUT2D eigenvalue weighted by Gasteiger charge is 2.29. The van der Waals surface area contributed by atoms with Gasteiger partial charge in [0.05, 0.1) is 11.6 Å². The highest BCUT2D eigenvalue weighted by Crippen LogP contribution is 2.34. The molecule has 1 amide bonds. The fourth-order valence-corrected chi connectivity index (χ4v) is 3.06. The van der Waals surface area contributed by atoms with E-state index in [-0.39, 0.29) is 11.8 Å². The van der Waals surface area contributed by atoms with E-state index < -0.39 is 0 Å². The molecule has 2 unspecified atom stereocenters. The van der Waals surface area contributed by atoms with Gasteiger partial charge in [0.1, 0.15) is 0 Å². The summed E-state index contributed by atoms with van der Waals surface area (Å²) in [6.45, 7) is 2.85. The molecule has 0 radical (unpaired) electrons. The number of amides is 1. The molecule has 0 bridgehead atoms. The Labute approximate surface area is 115 Å². The number of piperidine rings is 1. The van der Waals surface area contributed by atoms with Crippen LogP contribution >= 0.6 is 15.9 Å². The number of halogens is 1. The van der Waals surface area contributed by atoms with E-state index in [4.69, 9.17) is 11.5 Å². The minimum atomic E-state index is -0.210. The average Bonchev–Trinajstić information content (AvgIpc) is 2.30. The predicted molar refractivity (Wildman–Crippen MR) is 77.3 cm³/mol. The van der Waals surface area contributed by atoms with Crippen molar-refractivity contribution in [2.45, 2.75) is 25.8 Å². The lowest BCUT2D eigenvalue weighted by Gasteiger charge is -2.39. The van der Waals surface area contributed by atoms with Crippen LogP contribution in [-0.2, 0) is 4.79 Å². The predicted octanol–water partition coefficient (Wildman–Crippen LogP) is 2.12. The summed E-state index contributed by atoms with van der Waals surface area (Å²) in [6, 6.07) is 6.15. The molecule has 0 aromatic heterocycles. The van der Waals surface area contributed by atoms with E-state index >= 15 is 0 Å². The topological polar surface area (TPSA) is 72.4 Å². The average molecular weight is 312 g/mol. The molecular weight excluding hydrogens is 294 g/mol. The largest absolute Gasteiger partial charge is 0.399 e. The first-order chi connectivity index (χ1) is 8.49. The van der Waals surface area contributed by atoms with Crippen LogP contribution in [0.25, 0.3) is 0 Å². The lowest BCUT2D eigenvalue weighted by molar-refractivity contribution is -0.122. The molecule has 0 spiro atoms. The Hall–Kier alpha value is -1.23. The number of carbonyl (C=O) groups is 1. The van der Waals surface area contributed by atoms with Crippen LogP contribution in [0, 0.1) is 5.92 Å². The number of benzene rings is 1. The molecule has 1 fully saturated rings. The molecule has 5 heteroatoms. The molecule has 1 aromatic carbocycles. The zero-order chi connectivity index (χ0) is 13.3. The molecule has 4 nitrogen and oxygen atoms in total. The Morgan fingerprint density at radius 2 is 2.17 bits per heavy atom. The third-order valence-electron chi connectivity index (χ3n) is 3.57. The van der Waals surface area contributed by atoms with Crippen molar-refractivity contribution in [2.24, 2.45) is 11.7 Å². The van der Waals surface area contributed by atoms with Gasteiger partial charge in [0.15, 0.2) is 0 Å². The molecule has 2 rings (SSSR count). The number of nitrogens with two attached hydrogens (primary N) is 2. The Balaban J connectivity index is 2.26. The van der Waals surface area contributed by atoms with E-state index in [9.17, 15) is 4.79 Å². The van der Waals surface area contributed by atoms with Gasteiger partial charge >= 0.3 is 0 Å². The van der Waals surface area contributed by atoms with Crippen LogP contribution < -0.4 is 16.4 Å². The molecule has 0 saturated carbocycles. The van der Waals surface area contributed by atoms with Crippen LogP contribution in [0.1, 0.15) is 19.8 Å². The molecule has 0 aliphatic carbocycles. The fraction of sp³-hybridized carbons (Fsp3) is 0.462. The van der Waals surface area contributed by atoms with Crippen molar-refractivity contribution in [1.82, 2.24) is 0 Å². The second kappa shape index (κ2) is 5.18. The van der Waals surface area contributed by atoms with Crippen molar-refractivity contribution in [3.63, 3.8) is 0 Å². The van der Waals surface area contributed by atoms with E-state index in [0.717, 1.165) is 28.7 Å². The van der Waals surface area contributed by atoms with Gasteiger partial charge in [-0.25, -0.2) is 0 Å².